The second kappa shape index (κ2) is 10.4. The molecule has 1 amide bonds. The standard InChI is InChI=1S/C30H44N6O3Si/c1-20(35-9-11-38-12-10-35)29(37)34(3)22-7-8-24-25(16-22)32-28(31-24)27-23-15-21-17-30(21,2)18-26(23)36(33-27)19-39-13-14-40(4,5)6/h7-8,16,20-21H,9-15,17-19H2,1-6H3,(H,31,32)/t20-,21+,30+/m0/s1. The van der Waals surface area contributed by atoms with Crippen molar-refractivity contribution in [3.63, 3.8) is 0 Å². The molecule has 1 saturated carbocycles. The third-order valence-corrected chi connectivity index (χ3v) is 11.0. The molecule has 2 aromatic heterocycles. The lowest BCUT2D eigenvalue weighted by Gasteiger charge is -2.33. The smallest absolute Gasteiger partial charge is 0.243 e. The molecule has 6 rings (SSSR count). The number of carbonyl (C=O) groups is 1. The third-order valence-electron chi connectivity index (χ3n) is 9.30. The molecule has 0 radical (unpaired) electrons. The Morgan fingerprint density at radius 1 is 1.30 bits per heavy atom. The summed E-state index contributed by atoms with van der Waals surface area (Å²) in [6.45, 7) is 15.7. The largest absolute Gasteiger partial charge is 0.379 e. The lowest BCUT2D eigenvalue weighted by molar-refractivity contribution is -0.124. The number of hydrogen-bond donors (Lipinski definition) is 1. The summed E-state index contributed by atoms with van der Waals surface area (Å²) < 4.78 is 13.7. The second-order valence-electron chi connectivity index (χ2n) is 13.6. The third kappa shape index (κ3) is 5.38. The van der Waals surface area contributed by atoms with Crippen LogP contribution in [0.4, 0.5) is 5.69 Å². The number of benzene rings is 1. The number of nitrogens with one attached hydrogen (secondary N) is 1. The number of likely N-dealkylation sites (N-methyl/N-ethyl adjacent to an activating group) is 1. The van der Waals surface area contributed by atoms with Gasteiger partial charge in [0.05, 0.1) is 30.3 Å². The minimum absolute atomic E-state index is 0.0754. The van der Waals surface area contributed by atoms with Crippen LogP contribution in [0.25, 0.3) is 22.6 Å². The predicted octanol–water partition coefficient (Wildman–Crippen LogP) is 4.55. The van der Waals surface area contributed by atoms with Crippen LogP contribution in [0.15, 0.2) is 18.2 Å². The average Bonchev–Trinajstić information content (AvgIpc) is 3.24. The first-order valence-corrected chi connectivity index (χ1v) is 18.5. The van der Waals surface area contributed by atoms with E-state index in [9.17, 15) is 4.79 Å². The van der Waals surface area contributed by atoms with E-state index < -0.39 is 8.07 Å². The summed E-state index contributed by atoms with van der Waals surface area (Å²) in [5.41, 5.74) is 6.60. The van der Waals surface area contributed by atoms with E-state index in [1.54, 1.807) is 4.90 Å². The van der Waals surface area contributed by atoms with Gasteiger partial charge in [0.2, 0.25) is 5.91 Å². The van der Waals surface area contributed by atoms with Crippen LogP contribution in [0, 0.1) is 11.3 Å². The van der Waals surface area contributed by atoms with Gasteiger partial charge in [-0.15, -0.1) is 0 Å². The van der Waals surface area contributed by atoms with E-state index >= 15 is 0 Å². The van der Waals surface area contributed by atoms with E-state index in [2.05, 4.69) is 41.1 Å². The van der Waals surface area contributed by atoms with Crippen LogP contribution in [0.3, 0.4) is 0 Å². The fourth-order valence-corrected chi connectivity index (χ4v) is 7.04. The number of ether oxygens (including phenoxy) is 2. The Labute approximate surface area is 238 Å². The Kier molecular flexibility index (Phi) is 7.17. The van der Waals surface area contributed by atoms with E-state index in [0.29, 0.717) is 25.4 Å². The number of anilines is 1. The van der Waals surface area contributed by atoms with Crippen molar-refractivity contribution in [2.45, 2.75) is 71.6 Å². The van der Waals surface area contributed by atoms with Crippen LogP contribution in [0.5, 0.6) is 0 Å². The van der Waals surface area contributed by atoms with E-state index in [1.807, 2.05) is 32.2 Å². The van der Waals surface area contributed by atoms with Crippen LogP contribution >= 0.6 is 0 Å². The molecule has 3 atom stereocenters. The van der Waals surface area contributed by atoms with Crippen molar-refractivity contribution >= 4 is 30.7 Å². The van der Waals surface area contributed by atoms with Crippen LogP contribution < -0.4 is 4.90 Å². The summed E-state index contributed by atoms with van der Waals surface area (Å²) in [6.07, 6.45) is 3.38. The predicted molar refractivity (Wildman–Crippen MR) is 160 cm³/mol. The van der Waals surface area contributed by atoms with Crippen LogP contribution in [-0.4, -0.2) is 84.6 Å². The Morgan fingerprint density at radius 2 is 2.08 bits per heavy atom. The number of hydrogen-bond acceptors (Lipinski definition) is 6. The molecule has 3 aliphatic rings. The van der Waals surface area contributed by atoms with Crippen molar-refractivity contribution in [1.29, 1.82) is 0 Å². The van der Waals surface area contributed by atoms with Gasteiger partial charge in [0.15, 0.2) is 5.82 Å². The number of aromatic nitrogens is 4. The van der Waals surface area contributed by atoms with Crippen molar-refractivity contribution < 1.29 is 14.3 Å². The zero-order chi connectivity index (χ0) is 28.2. The van der Waals surface area contributed by atoms with Gasteiger partial charge in [-0.3, -0.25) is 9.69 Å². The Hall–Kier alpha value is -2.53. The molecule has 1 saturated heterocycles. The number of nitrogens with zero attached hydrogens (tertiary/aromatic N) is 5. The highest BCUT2D eigenvalue weighted by Gasteiger charge is 2.54. The highest BCUT2D eigenvalue weighted by Crippen LogP contribution is 2.60. The SMILES string of the molecule is C[C@@H](C(=O)N(C)c1ccc2[nH]c(-c3nn(COCC[Si](C)(C)C)c4c3C[C@@H]3C[C@]3(C)C4)nc2c1)N1CCOCC1. The molecule has 2 aliphatic carbocycles. The average molecular weight is 565 g/mol. The van der Waals surface area contributed by atoms with E-state index in [0.717, 1.165) is 72.7 Å². The van der Waals surface area contributed by atoms with Gasteiger partial charge in [0, 0.05) is 51.8 Å². The number of aromatic amines is 1. The molecule has 0 spiro atoms. The number of carbonyl (C=O) groups excluding carboxylic acids is 1. The monoisotopic (exact) mass is 564 g/mol. The van der Waals surface area contributed by atoms with Crippen LogP contribution in [-0.2, 0) is 33.8 Å². The summed E-state index contributed by atoms with van der Waals surface area (Å²) in [5, 5.41) is 5.07. The number of H-pyrrole nitrogens is 1. The molecule has 0 unspecified atom stereocenters. The number of amides is 1. The fourth-order valence-electron chi connectivity index (χ4n) is 6.28. The van der Waals surface area contributed by atoms with E-state index in [1.165, 1.54) is 17.7 Å². The Balaban J connectivity index is 1.24. The second-order valence-corrected chi connectivity index (χ2v) is 19.2. The van der Waals surface area contributed by atoms with Gasteiger partial charge < -0.3 is 19.4 Å². The van der Waals surface area contributed by atoms with Crippen molar-refractivity contribution in [2.75, 3.05) is 44.9 Å². The Morgan fingerprint density at radius 3 is 2.83 bits per heavy atom. The summed E-state index contributed by atoms with van der Waals surface area (Å²) in [7, 11) is 0.704. The molecule has 3 aromatic rings. The lowest BCUT2D eigenvalue weighted by atomic mass is 9.87. The molecule has 1 aliphatic heterocycles. The molecule has 0 bridgehead atoms. The molecule has 3 heterocycles. The maximum atomic E-state index is 13.3. The quantitative estimate of drug-likeness (QED) is 0.303. The number of rotatable bonds is 9. The zero-order valence-electron chi connectivity index (χ0n) is 24.9. The maximum absolute atomic E-state index is 13.3. The van der Waals surface area contributed by atoms with Crippen molar-refractivity contribution in [3.8, 4) is 11.5 Å². The van der Waals surface area contributed by atoms with Gasteiger partial charge in [0.1, 0.15) is 12.4 Å². The van der Waals surface area contributed by atoms with E-state index in [4.69, 9.17) is 19.6 Å². The molecular formula is C30H44N6O3Si. The van der Waals surface area contributed by atoms with Gasteiger partial charge >= 0.3 is 0 Å². The minimum Gasteiger partial charge on any atom is -0.379 e. The molecular weight excluding hydrogens is 520 g/mol. The molecule has 10 heteroatoms. The zero-order valence-corrected chi connectivity index (χ0v) is 25.9. The number of morpholine rings is 1. The van der Waals surface area contributed by atoms with Gasteiger partial charge in [-0.25, -0.2) is 9.67 Å². The molecule has 1 aromatic carbocycles. The molecule has 1 N–H and O–H groups in total. The number of imidazole rings is 1. The van der Waals surface area contributed by atoms with Gasteiger partial charge in [-0.2, -0.15) is 5.10 Å². The summed E-state index contributed by atoms with van der Waals surface area (Å²) in [5.74, 6) is 1.60. The van der Waals surface area contributed by atoms with Crippen molar-refractivity contribution in [1.82, 2.24) is 24.6 Å². The van der Waals surface area contributed by atoms with Gasteiger partial charge in [-0.05, 0) is 61.8 Å². The molecule has 40 heavy (non-hydrogen) atoms. The maximum Gasteiger partial charge on any atom is 0.243 e. The minimum atomic E-state index is -1.14. The van der Waals surface area contributed by atoms with Crippen LogP contribution in [0.1, 0.15) is 31.5 Å². The first kappa shape index (κ1) is 27.6. The summed E-state index contributed by atoms with van der Waals surface area (Å²) in [4.78, 5) is 25.7. The number of fused-ring (bicyclic) bond motifs is 3. The van der Waals surface area contributed by atoms with Crippen LogP contribution in [0.2, 0.25) is 25.7 Å². The summed E-state index contributed by atoms with van der Waals surface area (Å²) >= 11 is 0. The first-order chi connectivity index (χ1) is 19.0. The van der Waals surface area contributed by atoms with E-state index in [-0.39, 0.29) is 11.9 Å². The van der Waals surface area contributed by atoms with Gasteiger partial charge in [-0.1, -0.05) is 26.6 Å². The first-order valence-electron chi connectivity index (χ1n) is 14.8. The Bertz CT molecular complexity index is 1400. The lowest BCUT2D eigenvalue weighted by Crippen LogP contribution is -2.50. The van der Waals surface area contributed by atoms with Crippen molar-refractivity contribution in [3.05, 3.63) is 29.5 Å². The highest BCUT2D eigenvalue weighted by molar-refractivity contribution is 6.76. The molecule has 9 nitrogen and oxygen atoms in total. The normalized spacial score (nSPS) is 23.6. The highest BCUT2D eigenvalue weighted by atomic mass is 28.3. The van der Waals surface area contributed by atoms with Gasteiger partial charge in [0.25, 0.3) is 0 Å². The topological polar surface area (TPSA) is 88.5 Å². The molecule has 216 valence electrons. The fraction of sp³-hybridized carbons (Fsp3) is 0.633. The summed E-state index contributed by atoms with van der Waals surface area (Å²) in [6, 6.07) is 6.96. The van der Waals surface area contributed by atoms with Crippen molar-refractivity contribution in [2.24, 2.45) is 11.3 Å². The molecule has 2 fully saturated rings.